The van der Waals surface area contributed by atoms with Crippen molar-refractivity contribution < 1.29 is 84.5 Å². The highest BCUT2D eigenvalue weighted by Crippen LogP contribution is 2.58. The van der Waals surface area contributed by atoms with E-state index in [2.05, 4.69) is 4.74 Å². The van der Waals surface area contributed by atoms with Crippen molar-refractivity contribution in [2.45, 2.75) is 42.5 Å². The number of hydrogen-bond acceptors (Lipinski definition) is 3. The highest BCUT2D eigenvalue weighted by molar-refractivity contribution is 5.05. The van der Waals surface area contributed by atoms with Crippen molar-refractivity contribution in [1.82, 2.24) is 0 Å². The molecule has 0 saturated heterocycles. The summed E-state index contributed by atoms with van der Waals surface area (Å²) in [6.45, 7) is 0. The molecule has 0 aliphatic rings. The van der Waals surface area contributed by atoms with Gasteiger partial charge in [-0.3, -0.25) is 4.74 Å². The first-order chi connectivity index (χ1) is 12.5. The lowest BCUT2D eigenvalue weighted by Crippen LogP contribution is -2.68. The van der Waals surface area contributed by atoms with Crippen LogP contribution in [0.1, 0.15) is 0 Å². The molecule has 0 aromatic heterocycles. The van der Waals surface area contributed by atoms with Crippen molar-refractivity contribution in [2.75, 3.05) is 7.11 Å². The number of rotatable bonds is 10. The Morgan fingerprint density at radius 2 is 1.03 bits per heavy atom. The van der Waals surface area contributed by atoms with Crippen molar-refractivity contribution in [3.05, 3.63) is 12.1 Å². The minimum absolute atomic E-state index is 0.140. The number of methoxy groups -OCH3 is 1. The molecule has 3 nitrogen and oxygen atoms in total. The van der Waals surface area contributed by atoms with Crippen LogP contribution >= 0.6 is 0 Å². The van der Waals surface area contributed by atoms with Crippen LogP contribution in [-0.4, -0.2) is 49.6 Å². The van der Waals surface area contributed by atoms with E-state index < -0.39 is 54.5 Å². The first-order valence-corrected chi connectivity index (χ1v) is 6.05. The highest BCUT2D eigenvalue weighted by atomic mass is 19.4. The van der Waals surface area contributed by atoms with E-state index in [1.165, 1.54) is 0 Å². The molecule has 174 valence electrons. The Bertz CT molecular complexity index is 610. The van der Waals surface area contributed by atoms with Crippen molar-refractivity contribution in [3.63, 3.8) is 0 Å². The maximum absolute atomic E-state index is 13.2. The van der Waals surface area contributed by atoms with Gasteiger partial charge in [0.2, 0.25) is 0 Å². The van der Waals surface area contributed by atoms with Crippen molar-refractivity contribution in [1.29, 1.82) is 0 Å². The summed E-state index contributed by atoms with van der Waals surface area (Å²) >= 11 is 0. The molecule has 0 bridgehead atoms. The number of ether oxygens (including phenoxy) is 3. The molecule has 0 aliphatic carbocycles. The fraction of sp³-hybridized carbons (Fsp3) is 0.800. The van der Waals surface area contributed by atoms with Crippen molar-refractivity contribution >= 4 is 0 Å². The summed E-state index contributed by atoms with van der Waals surface area (Å²) in [6, 6.07) is -3.99. The van der Waals surface area contributed by atoms with Gasteiger partial charge in [-0.1, -0.05) is 0 Å². The van der Waals surface area contributed by atoms with Gasteiger partial charge < -0.3 is 9.47 Å². The first-order valence-electron chi connectivity index (χ1n) is 6.05. The molecule has 0 saturated carbocycles. The van der Waals surface area contributed by atoms with Gasteiger partial charge in [-0.25, -0.2) is 4.39 Å². The van der Waals surface area contributed by atoms with Gasteiger partial charge in [0.15, 0.2) is 0 Å². The van der Waals surface area contributed by atoms with E-state index in [9.17, 15) is 70.2 Å². The standard InChI is InChI=1S/C10H4F16O3/c1-27-5(15,16)4(14)29-10(25,26)8(21,22)6(17,18)7(19,20)9(23,24)28-3(13)2(11)12/h4H,1H3. The van der Waals surface area contributed by atoms with Crippen LogP contribution in [0.25, 0.3) is 0 Å². The van der Waals surface area contributed by atoms with Gasteiger partial charge >= 0.3 is 48.2 Å². The van der Waals surface area contributed by atoms with Crippen LogP contribution in [0.3, 0.4) is 0 Å². The summed E-state index contributed by atoms with van der Waals surface area (Å²) in [7, 11) is -0.140. The van der Waals surface area contributed by atoms with Gasteiger partial charge in [0, 0.05) is 7.11 Å². The van der Waals surface area contributed by atoms with Crippen LogP contribution in [0.15, 0.2) is 12.1 Å². The molecule has 0 heterocycles. The molecule has 0 radical (unpaired) electrons. The molecular formula is C10H4F16O3. The molecule has 0 aliphatic heterocycles. The highest BCUT2D eigenvalue weighted by Gasteiger charge is 2.89. The summed E-state index contributed by atoms with van der Waals surface area (Å²) in [5.41, 5.74) is 0. The van der Waals surface area contributed by atoms with Crippen LogP contribution in [0.4, 0.5) is 70.2 Å². The van der Waals surface area contributed by atoms with Gasteiger partial charge in [-0.15, -0.1) is 0 Å². The quantitative estimate of drug-likeness (QED) is 0.300. The Hall–Kier alpha value is -1.66. The monoisotopic (exact) mass is 476 g/mol. The lowest BCUT2D eigenvalue weighted by atomic mass is 10.0. The van der Waals surface area contributed by atoms with Crippen molar-refractivity contribution in [2.24, 2.45) is 0 Å². The largest absolute Gasteiger partial charge is 0.472 e. The lowest BCUT2D eigenvalue weighted by molar-refractivity contribution is -0.487. The maximum Gasteiger partial charge on any atom is 0.472 e. The first kappa shape index (κ1) is 27.3. The van der Waals surface area contributed by atoms with Gasteiger partial charge in [0.25, 0.3) is 6.36 Å². The molecule has 1 unspecified atom stereocenters. The van der Waals surface area contributed by atoms with Gasteiger partial charge in [0.1, 0.15) is 0 Å². The van der Waals surface area contributed by atoms with E-state index in [1.807, 2.05) is 4.74 Å². The summed E-state index contributed by atoms with van der Waals surface area (Å²) < 4.78 is 210. The Kier molecular flexibility index (Phi) is 7.43. The van der Waals surface area contributed by atoms with Crippen LogP contribution in [0, 0.1) is 0 Å². The average molecular weight is 476 g/mol. The lowest BCUT2D eigenvalue weighted by Gasteiger charge is -2.38. The van der Waals surface area contributed by atoms with Crippen LogP contribution < -0.4 is 0 Å². The molecule has 0 aromatic carbocycles. The van der Waals surface area contributed by atoms with Crippen molar-refractivity contribution in [3.8, 4) is 0 Å². The predicted molar refractivity (Wildman–Crippen MR) is 54.1 cm³/mol. The fourth-order valence-electron chi connectivity index (χ4n) is 1.14. The second kappa shape index (κ2) is 7.88. The number of alkyl halides is 13. The zero-order valence-electron chi connectivity index (χ0n) is 12.8. The van der Waals surface area contributed by atoms with E-state index in [0.717, 1.165) is 0 Å². The average Bonchev–Trinajstić information content (AvgIpc) is 2.52. The Balaban J connectivity index is 6.14. The van der Waals surface area contributed by atoms with E-state index >= 15 is 0 Å². The Morgan fingerprint density at radius 3 is 1.38 bits per heavy atom. The SMILES string of the molecule is COC(F)(F)C(F)OC(F)(F)C(F)(F)C(F)(F)C(F)(F)C(F)(F)OC(F)=C(F)F. The van der Waals surface area contributed by atoms with Gasteiger partial charge in [-0.2, -0.15) is 65.9 Å². The summed E-state index contributed by atoms with van der Waals surface area (Å²) in [5.74, 6) is -24.0. The zero-order valence-corrected chi connectivity index (χ0v) is 12.8. The van der Waals surface area contributed by atoms with Crippen LogP contribution in [-0.2, 0) is 14.2 Å². The molecular weight excluding hydrogens is 472 g/mol. The van der Waals surface area contributed by atoms with E-state index in [1.54, 1.807) is 4.74 Å². The third-order valence-electron chi connectivity index (χ3n) is 2.67. The summed E-state index contributed by atoms with van der Waals surface area (Å²) in [6.07, 6.45) is -29.3. The summed E-state index contributed by atoms with van der Waals surface area (Å²) in [5, 5.41) is 0. The molecule has 0 N–H and O–H groups in total. The molecule has 1 atom stereocenters. The Morgan fingerprint density at radius 1 is 0.655 bits per heavy atom. The molecule has 29 heavy (non-hydrogen) atoms. The zero-order chi connectivity index (χ0) is 23.9. The third kappa shape index (κ3) is 4.75. The third-order valence-corrected chi connectivity index (χ3v) is 2.67. The predicted octanol–water partition coefficient (Wildman–Crippen LogP) is 5.68. The molecule has 0 amide bonds. The van der Waals surface area contributed by atoms with E-state index in [-0.39, 0.29) is 7.11 Å². The Labute approximate surface area is 147 Å². The molecule has 0 rings (SSSR count). The molecule has 0 aromatic rings. The number of halogens is 16. The van der Waals surface area contributed by atoms with E-state index in [0.29, 0.717) is 0 Å². The van der Waals surface area contributed by atoms with Gasteiger partial charge in [-0.05, 0) is 0 Å². The topological polar surface area (TPSA) is 27.7 Å². The normalized spacial score (nSPS) is 15.9. The maximum atomic E-state index is 13.2. The van der Waals surface area contributed by atoms with Gasteiger partial charge in [0.05, 0.1) is 0 Å². The van der Waals surface area contributed by atoms with Crippen LogP contribution in [0.5, 0.6) is 0 Å². The summed E-state index contributed by atoms with van der Waals surface area (Å²) in [4.78, 5) is 0. The molecule has 19 heteroatoms. The second-order valence-corrected chi connectivity index (χ2v) is 4.59. The fourth-order valence-corrected chi connectivity index (χ4v) is 1.14. The minimum Gasteiger partial charge on any atom is -0.397 e. The van der Waals surface area contributed by atoms with Crippen LogP contribution in [0.2, 0.25) is 0 Å². The van der Waals surface area contributed by atoms with E-state index in [4.69, 9.17) is 0 Å². The molecule has 0 spiro atoms. The number of hydrogen-bond donors (Lipinski definition) is 0. The second-order valence-electron chi connectivity index (χ2n) is 4.59. The smallest absolute Gasteiger partial charge is 0.397 e. The minimum atomic E-state index is -8.11. The molecule has 0 fully saturated rings.